The minimum absolute atomic E-state index is 0.260. The van der Waals surface area contributed by atoms with E-state index in [1.54, 1.807) is 24.3 Å². The van der Waals surface area contributed by atoms with E-state index < -0.39 is 0 Å². The molecule has 3 rings (SSSR count). The van der Waals surface area contributed by atoms with Gasteiger partial charge >= 0.3 is 0 Å². The van der Waals surface area contributed by atoms with Crippen LogP contribution in [0.5, 0.6) is 11.5 Å². The molecule has 0 saturated carbocycles. The van der Waals surface area contributed by atoms with Crippen molar-refractivity contribution in [1.29, 1.82) is 0 Å². The van der Waals surface area contributed by atoms with Gasteiger partial charge in [0.25, 0.3) is 5.91 Å². The van der Waals surface area contributed by atoms with Crippen molar-refractivity contribution >= 4 is 23.2 Å². The first kappa shape index (κ1) is 21.3. The number of hydrogen-bond donors (Lipinski definition) is 2. The minimum Gasteiger partial charge on any atom is -0.494 e. The van der Waals surface area contributed by atoms with Gasteiger partial charge in [0.05, 0.1) is 12.3 Å². The lowest BCUT2D eigenvalue weighted by Crippen LogP contribution is -2.35. The van der Waals surface area contributed by atoms with E-state index in [0.717, 1.165) is 22.6 Å². The van der Waals surface area contributed by atoms with Crippen LogP contribution < -0.4 is 20.3 Å². The molecule has 0 heterocycles. The lowest BCUT2D eigenvalue weighted by atomic mass is 10.1. The van der Waals surface area contributed by atoms with Crippen molar-refractivity contribution in [3.8, 4) is 11.5 Å². The fraction of sp³-hybridized carbons (Fsp3) is 0.125. The number of halogens is 1. The minimum atomic E-state index is -0.260. The van der Waals surface area contributed by atoms with Gasteiger partial charge in [-0.3, -0.25) is 15.6 Å². The number of rotatable bonds is 9. The van der Waals surface area contributed by atoms with Gasteiger partial charge in [0.2, 0.25) is 0 Å². The van der Waals surface area contributed by atoms with Crippen LogP contribution in [0.4, 0.5) is 0 Å². The van der Waals surface area contributed by atoms with Gasteiger partial charge in [-0.2, -0.15) is 0 Å². The number of amides is 1. The highest BCUT2D eigenvalue weighted by molar-refractivity contribution is 6.30. The lowest BCUT2D eigenvalue weighted by Gasteiger charge is -2.12. The van der Waals surface area contributed by atoms with Crippen LogP contribution in [0.25, 0.3) is 5.70 Å². The molecule has 0 aliphatic heterocycles. The predicted octanol–water partition coefficient (Wildman–Crippen LogP) is 5.22. The molecule has 0 aromatic heterocycles. The zero-order valence-electron chi connectivity index (χ0n) is 16.7. The molecule has 3 aromatic rings. The second-order valence-electron chi connectivity index (χ2n) is 6.45. The molecule has 0 atom stereocenters. The number of carbonyl (C=O) groups is 1. The highest BCUT2D eigenvalue weighted by atomic mass is 35.5. The lowest BCUT2D eigenvalue weighted by molar-refractivity contribution is 0.0942. The van der Waals surface area contributed by atoms with Gasteiger partial charge in [-0.15, -0.1) is 0 Å². The summed E-state index contributed by atoms with van der Waals surface area (Å²) in [5.74, 6) is 1.31. The molecular formula is C24H23ClN2O3. The average Bonchev–Trinajstić information content (AvgIpc) is 2.78. The van der Waals surface area contributed by atoms with Crippen molar-refractivity contribution in [2.24, 2.45) is 0 Å². The van der Waals surface area contributed by atoms with Gasteiger partial charge in [0.1, 0.15) is 18.1 Å². The highest BCUT2D eigenvalue weighted by Gasteiger charge is 2.07. The summed E-state index contributed by atoms with van der Waals surface area (Å²) in [4.78, 5) is 12.3. The number of nitrogens with one attached hydrogen (secondary N) is 2. The topological polar surface area (TPSA) is 59.6 Å². The number of hydrogen-bond acceptors (Lipinski definition) is 4. The summed E-state index contributed by atoms with van der Waals surface area (Å²) >= 11 is 5.88. The third-order valence-electron chi connectivity index (χ3n) is 4.28. The first-order valence-electron chi connectivity index (χ1n) is 9.51. The Labute approximate surface area is 181 Å². The maximum atomic E-state index is 12.3. The van der Waals surface area contributed by atoms with E-state index in [1.807, 2.05) is 55.5 Å². The van der Waals surface area contributed by atoms with E-state index in [0.29, 0.717) is 29.5 Å². The van der Waals surface area contributed by atoms with Gasteiger partial charge in [-0.25, -0.2) is 0 Å². The van der Waals surface area contributed by atoms with Gasteiger partial charge in [0, 0.05) is 10.6 Å². The van der Waals surface area contributed by atoms with Gasteiger partial charge < -0.3 is 9.47 Å². The summed E-state index contributed by atoms with van der Waals surface area (Å²) in [6, 6.07) is 21.9. The Bertz CT molecular complexity index is 984. The van der Waals surface area contributed by atoms with E-state index >= 15 is 0 Å². The molecule has 154 valence electrons. The Morgan fingerprint density at radius 2 is 1.40 bits per heavy atom. The monoisotopic (exact) mass is 422 g/mol. The van der Waals surface area contributed by atoms with Crippen LogP contribution in [0.2, 0.25) is 5.02 Å². The summed E-state index contributed by atoms with van der Waals surface area (Å²) in [6.45, 7) is 6.89. The third kappa shape index (κ3) is 6.03. The molecule has 0 saturated heterocycles. The van der Waals surface area contributed by atoms with Gasteiger partial charge in [-0.1, -0.05) is 42.4 Å². The molecule has 2 N–H and O–H groups in total. The Kier molecular flexibility index (Phi) is 7.35. The summed E-state index contributed by atoms with van der Waals surface area (Å²) < 4.78 is 11.2. The van der Waals surface area contributed by atoms with E-state index in [-0.39, 0.29) is 5.91 Å². The molecule has 3 aromatic carbocycles. The zero-order valence-corrected chi connectivity index (χ0v) is 17.4. The summed E-state index contributed by atoms with van der Waals surface area (Å²) in [5.41, 5.74) is 8.35. The molecule has 0 fully saturated rings. The van der Waals surface area contributed by atoms with E-state index in [1.165, 1.54) is 0 Å². The van der Waals surface area contributed by atoms with Crippen molar-refractivity contribution in [3.05, 3.63) is 101 Å². The molecule has 0 aliphatic carbocycles. The van der Waals surface area contributed by atoms with E-state index in [2.05, 4.69) is 17.4 Å². The highest BCUT2D eigenvalue weighted by Crippen LogP contribution is 2.19. The van der Waals surface area contributed by atoms with Crippen molar-refractivity contribution in [2.45, 2.75) is 13.5 Å². The molecule has 1 amide bonds. The molecule has 0 radical (unpaired) electrons. The van der Waals surface area contributed by atoms with Gasteiger partial charge in [-0.05, 0) is 66.6 Å². The zero-order chi connectivity index (χ0) is 21.3. The van der Waals surface area contributed by atoms with E-state index in [9.17, 15) is 4.79 Å². The second kappa shape index (κ2) is 10.4. The molecular weight excluding hydrogens is 400 g/mol. The predicted molar refractivity (Wildman–Crippen MR) is 119 cm³/mol. The number of carbonyl (C=O) groups excluding carboxylic acids is 1. The smallest absolute Gasteiger partial charge is 0.269 e. The quantitative estimate of drug-likeness (QED) is 0.464. The van der Waals surface area contributed by atoms with Crippen molar-refractivity contribution in [1.82, 2.24) is 10.9 Å². The Morgan fingerprint density at radius 3 is 2.00 bits per heavy atom. The van der Waals surface area contributed by atoms with Crippen LogP contribution in [0, 0.1) is 0 Å². The molecule has 0 bridgehead atoms. The van der Waals surface area contributed by atoms with Crippen LogP contribution >= 0.6 is 11.6 Å². The fourth-order valence-corrected chi connectivity index (χ4v) is 2.77. The first-order valence-corrected chi connectivity index (χ1v) is 9.88. The maximum absolute atomic E-state index is 12.3. The normalized spacial score (nSPS) is 10.2. The van der Waals surface area contributed by atoms with Crippen molar-refractivity contribution in [3.63, 3.8) is 0 Å². The number of ether oxygens (including phenoxy) is 2. The summed E-state index contributed by atoms with van der Waals surface area (Å²) in [7, 11) is 0. The van der Waals surface area contributed by atoms with Crippen molar-refractivity contribution in [2.75, 3.05) is 6.61 Å². The fourth-order valence-electron chi connectivity index (χ4n) is 2.65. The molecule has 0 unspecified atom stereocenters. The first-order chi connectivity index (χ1) is 14.5. The summed E-state index contributed by atoms with van der Waals surface area (Å²) in [5, 5.41) is 0.641. The van der Waals surface area contributed by atoms with Crippen LogP contribution in [0.1, 0.15) is 28.4 Å². The Morgan fingerprint density at radius 1 is 0.833 bits per heavy atom. The SMILES string of the molecule is C=C(NNC(=O)c1ccc(COc2ccc(OCC)cc2)cc1)c1ccc(Cl)cc1. The average molecular weight is 423 g/mol. The van der Waals surface area contributed by atoms with Crippen LogP contribution in [-0.4, -0.2) is 12.5 Å². The Balaban J connectivity index is 1.48. The van der Waals surface area contributed by atoms with Crippen LogP contribution in [0.15, 0.2) is 79.4 Å². The van der Waals surface area contributed by atoms with Gasteiger partial charge in [0.15, 0.2) is 0 Å². The molecule has 30 heavy (non-hydrogen) atoms. The maximum Gasteiger partial charge on any atom is 0.269 e. The number of hydrazine groups is 1. The van der Waals surface area contributed by atoms with Crippen LogP contribution in [0.3, 0.4) is 0 Å². The van der Waals surface area contributed by atoms with E-state index in [4.69, 9.17) is 21.1 Å². The molecule has 0 spiro atoms. The molecule has 6 heteroatoms. The standard InChI is InChI=1S/C24H23ClN2O3/c1-3-29-22-12-14-23(15-13-22)30-16-18-4-6-20(7-5-18)24(28)27-26-17(2)19-8-10-21(25)11-9-19/h4-15,26H,2-3,16H2,1H3,(H,27,28). The second-order valence-corrected chi connectivity index (χ2v) is 6.89. The third-order valence-corrected chi connectivity index (χ3v) is 4.53. The van der Waals surface area contributed by atoms with Crippen LogP contribution in [-0.2, 0) is 6.61 Å². The summed E-state index contributed by atoms with van der Waals surface area (Å²) in [6.07, 6.45) is 0. The largest absolute Gasteiger partial charge is 0.494 e. The molecule has 5 nitrogen and oxygen atoms in total. The number of benzene rings is 3. The Hall–Kier alpha value is -3.44. The van der Waals surface area contributed by atoms with Crippen molar-refractivity contribution < 1.29 is 14.3 Å². The molecule has 0 aliphatic rings.